The third-order valence-electron chi connectivity index (χ3n) is 4.46. The maximum Gasteiger partial charge on any atom is 0.230 e. The topological polar surface area (TPSA) is 64.7 Å². The number of aromatic nitrogens is 4. The Balaban J connectivity index is 1.64. The van der Waals surface area contributed by atoms with Gasteiger partial charge in [-0.25, -0.2) is 4.39 Å². The van der Waals surface area contributed by atoms with Gasteiger partial charge in [0.25, 0.3) is 0 Å². The van der Waals surface area contributed by atoms with Crippen LogP contribution < -0.4 is 5.32 Å². The quantitative estimate of drug-likeness (QED) is 0.576. The molecule has 0 fully saturated rings. The molecule has 9 heteroatoms. The van der Waals surface area contributed by atoms with Gasteiger partial charge >= 0.3 is 0 Å². The molecule has 0 radical (unpaired) electrons. The monoisotopic (exact) mass is 467 g/mol. The van der Waals surface area contributed by atoms with E-state index in [9.17, 15) is 9.18 Å². The zero-order chi connectivity index (χ0) is 20.4. The van der Waals surface area contributed by atoms with Crippen LogP contribution in [-0.4, -0.2) is 25.5 Å². The van der Waals surface area contributed by atoms with E-state index in [2.05, 4.69) is 31.4 Å². The average molecular weight is 469 g/mol. The summed E-state index contributed by atoms with van der Waals surface area (Å²) in [6.07, 6.45) is 1.67. The fourth-order valence-corrected chi connectivity index (χ4v) is 3.31. The first-order valence-electron chi connectivity index (χ1n) is 8.73. The SMILES string of the molecule is Cc1nn(CC(C)C(=O)Nc2ccn(Cc3c(F)cccc3Cl)n2)c(C)c1Br. The number of nitrogens with zero attached hydrogens (tertiary/aromatic N) is 4. The van der Waals surface area contributed by atoms with Gasteiger partial charge in [-0.15, -0.1) is 0 Å². The van der Waals surface area contributed by atoms with Crippen LogP contribution in [0.1, 0.15) is 23.9 Å². The van der Waals surface area contributed by atoms with Crippen molar-refractivity contribution >= 4 is 39.3 Å². The number of halogens is 3. The molecule has 0 bridgehead atoms. The second kappa shape index (κ2) is 8.45. The Bertz CT molecular complexity index is 996. The minimum Gasteiger partial charge on any atom is -0.309 e. The highest BCUT2D eigenvalue weighted by molar-refractivity contribution is 9.10. The number of aryl methyl sites for hydroxylation is 1. The summed E-state index contributed by atoms with van der Waals surface area (Å²) in [5.74, 6) is -0.467. The molecule has 28 heavy (non-hydrogen) atoms. The van der Waals surface area contributed by atoms with E-state index in [1.165, 1.54) is 10.7 Å². The number of hydrogen-bond donors (Lipinski definition) is 1. The van der Waals surface area contributed by atoms with Crippen LogP contribution in [0.2, 0.25) is 5.02 Å². The number of carbonyl (C=O) groups is 1. The lowest BCUT2D eigenvalue weighted by atomic mass is 10.1. The summed E-state index contributed by atoms with van der Waals surface area (Å²) in [7, 11) is 0. The van der Waals surface area contributed by atoms with Crippen LogP contribution in [0.25, 0.3) is 0 Å². The van der Waals surface area contributed by atoms with Gasteiger partial charge in [-0.1, -0.05) is 24.6 Å². The standard InChI is InChI=1S/C19H20BrClFN5O/c1-11(9-27-13(3)18(20)12(2)24-27)19(28)23-17-7-8-26(25-17)10-14-15(21)5-4-6-16(14)22/h4-8,11H,9-10H2,1-3H3,(H,23,25,28). The van der Waals surface area contributed by atoms with Gasteiger partial charge in [-0.3, -0.25) is 14.2 Å². The minimum absolute atomic E-state index is 0.169. The second-order valence-electron chi connectivity index (χ2n) is 6.66. The third kappa shape index (κ3) is 4.44. The van der Waals surface area contributed by atoms with E-state index in [0.29, 0.717) is 22.9 Å². The number of benzene rings is 1. The molecule has 0 aliphatic rings. The van der Waals surface area contributed by atoms with E-state index in [4.69, 9.17) is 11.6 Å². The molecule has 1 unspecified atom stereocenters. The van der Waals surface area contributed by atoms with Crippen LogP contribution in [0.15, 0.2) is 34.9 Å². The Labute approximate surface area is 175 Å². The Morgan fingerprint density at radius 2 is 2.07 bits per heavy atom. The van der Waals surface area contributed by atoms with Crippen molar-refractivity contribution in [3.8, 4) is 0 Å². The zero-order valence-electron chi connectivity index (χ0n) is 15.7. The van der Waals surface area contributed by atoms with Gasteiger partial charge in [0.2, 0.25) is 5.91 Å². The van der Waals surface area contributed by atoms with E-state index in [1.54, 1.807) is 24.4 Å². The molecule has 0 spiro atoms. The number of amides is 1. The Hall–Kier alpha value is -2.19. The van der Waals surface area contributed by atoms with E-state index < -0.39 is 5.82 Å². The normalized spacial score (nSPS) is 12.2. The number of anilines is 1. The van der Waals surface area contributed by atoms with E-state index in [0.717, 1.165) is 15.9 Å². The van der Waals surface area contributed by atoms with Crippen molar-refractivity contribution in [2.45, 2.75) is 33.9 Å². The Morgan fingerprint density at radius 1 is 1.32 bits per heavy atom. The van der Waals surface area contributed by atoms with Crippen molar-refractivity contribution in [1.82, 2.24) is 19.6 Å². The van der Waals surface area contributed by atoms with Crippen molar-refractivity contribution in [3.63, 3.8) is 0 Å². The van der Waals surface area contributed by atoms with Crippen molar-refractivity contribution in [2.24, 2.45) is 5.92 Å². The molecule has 1 N–H and O–H groups in total. The van der Waals surface area contributed by atoms with Gasteiger partial charge in [0, 0.05) is 28.5 Å². The molecule has 2 heterocycles. The maximum atomic E-state index is 13.9. The summed E-state index contributed by atoms with van der Waals surface area (Å²) in [4.78, 5) is 12.5. The molecule has 0 saturated heterocycles. The molecule has 3 rings (SSSR count). The van der Waals surface area contributed by atoms with Crippen LogP contribution in [0.3, 0.4) is 0 Å². The largest absolute Gasteiger partial charge is 0.309 e. The molecule has 6 nitrogen and oxygen atoms in total. The second-order valence-corrected chi connectivity index (χ2v) is 7.86. The van der Waals surface area contributed by atoms with Crippen LogP contribution in [0, 0.1) is 25.6 Å². The highest BCUT2D eigenvalue weighted by Crippen LogP contribution is 2.22. The number of hydrogen-bond acceptors (Lipinski definition) is 3. The van der Waals surface area contributed by atoms with E-state index >= 15 is 0 Å². The van der Waals surface area contributed by atoms with Gasteiger partial charge in [0.05, 0.1) is 29.2 Å². The van der Waals surface area contributed by atoms with Crippen molar-refractivity contribution in [3.05, 3.63) is 62.7 Å². The Morgan fingerprint density at radius 3 is 2.71 bits per heavy atom. The first-order chi connectivity index (χ1) is 13.3. The van der Waals surface area contributed by atoms with E-state index in [-0.39, 0.29) is 18.4 Å². The summed E-state index contributed by atoms with van der Waals surface area (Å²) in [5, 5.41) is 11.8. The smallest absolute Gasteiger partial charge is 0.230 e. The van der Waals surface area contributed by atoms with E-state index in [1.807, 2.05) is 25.5 Å². The summed E-state index contributed by atoms with van der Waals surface area (Å²) in [6.45, 7) is 6.32. The maximum absolute atomic E-state index is 13.9. The lowest BCUT2D eigenvalue weighted by molar-refractivity contribution is -0.119. The first kappa shape index (κ1) is 20.5. The van der Waals surface area contributed by atoms with Gasteiger partial charge in [0.15, 0.2) is 5.82 Å². The highest BCUT2D eigenvalue weighted by atomic mass is 79.9. The lowest BCUT2D eigenvalue weighted by Gasteiger charge is -2.12. The molecule has 148 valence electrons. The van der Waals surface area contributed by atoms with Gasteiger partial charge in [-0.2, -0.15) is 10.2 Å². The molecule has 1 aromatic carbocycles. The molecule has 2 aromatic heterocycles. The van der Waals surface area contributed by atoms with Crippen LogP contribution in [0.4, 0.5) is 10.2 Å². The molecule has 0 aliphatic heterocycles. The molecular formula is C19H20BrClFN5O. The lowest BCUT2D eigenvalue weighted by Crippen LogP contribution is -2.25. The predicted molar refractivity (Wildman–Crippen MR) is 110 cm³/mol. The van der Waals surface area contributed by atoms with Crippen LogP contribution in [-0.2, 0) is 17.9 Å². The van der Waals surface area contributed by atoms with Crippen LogP contribution in [0.5, 0.6) is 0 Å². The molecule has 0 aliphatic carbocycles. The molecule has 0 saturated carbocycles. The fourth-order valence-electron chi connectivity index (χ4n) is 2.81. The minimum atomic E-state index is -0.391. The zero-order valence-corrected chi connectivity index (χ0v) is 18.1. The third-order valence-corrected chi connectivity index (χ3v) is 5.96. The molecule has 3 aromatic rings. The van der Waals surface area contributed by atoms with Gasteiger partial charge < -0.3 is 5.32 Å². The molecule has 1 amide bonds. The van der Waals surface area contributed by atoms with Crippen molar-refractivity contribution in [1.29, 1.82) is 0 Å². The average Bonchev–Trinajstić information content (AvgIpc) is 3.18. The number of carbonyl (C=O) groups excluding carboxylic acids is 1. The molecular weight excluding hydrogens is 449 g/mol. The summed E-state index contributed by atoms with van der Waals surface area (Å²) in [5.41, 5.74) is 2.22. The van der Waals surface area contributed by atoms with Gasteiger partial charge in [-0.05, 0) is 41.9 Å². The summed E-state index contributed by atoms with van der Waals surface area (Å²) >= 11 is 9.54. The van der Waals surface area contributed by atoms with Crippen LogP contribution >= 0.6 is 27.5 Å². The summed E-state index contributed by atoms with van der Waals surface area (Å²) in [6, 6.07) is 6.20. The fraction of sp³-hybridized carbons (Fsp3) is 0.316. The van der Waals surface area contributed by atoms with Crippen molar-refractivity contribution in [2.75, 3.05) is 5.32 Å². The Kier molecular flexibility index (Phi) is 6.20. The number of nitrogens with one attached hydrogen (secondary N) is 1. The van der Waals surface area contributed by atoms with Crippen molar-refractivity contribution < 1.29 is 9.18 Å². The molecule has 1 atom stereocenters. The highest BCUT2D eigenvalue weighted by Gasteiger charge is 2.18. The predicted octanol–water partition coefficient (Wildman–Crippen LogP) is 4.57. The summed E-state index contributed by atoms with van der Waals surface area (Å²) < 4.78 is 18.2. The number of rotatable bonds is 6. The first-order valence-corrected chi connectivity index (χ1v) is 9.90. The van der Waals surface area contributed by atoms with Gasteiger partial charge in [0.1, 0.15) is 5.82 Å².